The van der Waals surface area contributed by atoms with E-state index in [0.29, 0.717) is 17.3 Å². The van der Waals surface area contributed by atoms with Crippen LogP contribution in [0.3, 0.4) is 0 Å². The van der Waals surface area contributed by atoms with Crippen LogP contribution in [0.2, 0.25) is 5.02 Å². The second kappa shape index (κ2) is 4.64. The molecule has 1 N–H and O–H groups in total. The Hall–Kier alpha value is -0.730. The van der Waals surface area contributed by atoms with Gasteiger partial charge in [-0.1, -0.05) is 23.7 Å². The smallest absolute Gasteiger partial charge is 0.224 e. The highest BCUT2D eigenvalue weighted by molar-refractivity contribution is 6.30. The van der Waals surface area contributed by atoms with Gasteiger partial charge in [0, 0.05) is 10.9 Å². The lowest BCUT2D eigenvalue weighted by Crippen LogP contribution is -2.39. The normalized spacial score (nSPS) is 16.9. The summed E-state index contributed by atoms with van der Waals surface area (Å²) in [4.78, 5) is 11.7. The second-order valence-corrected chi connectivity index (χ2v) is 4.97. The van der Waals surface area contributed by atoms with Crippen molar-refractivity contribution in [2.24, 2.45) is 0 Å². The minimum atomic E-state index is -0.120. The summed E-state index contributed by atoms with van der Waals surface area (Å²) in [6.07, 6.45) is 2.36. The summed E-state index contributed by atoms with van der Waals surface area (Å²) < 4.78 is 0. The molecular formula is C12H13Cl2NO. The fourth-order valence-electron chi connectivity index (χ4n) is 1.57. The van der Waals surface area contributed by atoms with Crippen molar-refractivity contribution in [3.63, 3.8) is 0 Å². The molecule has 1 aliphatic carbocycles. The minimum Gasteiger partial charge on any atom is -0.349 e. The van der Waals surface area contributed by atoms with Gasteiger partial charge in [0.1, 0.15) is 0 Å². The van der Waals surface area contributed by atoms with E-state index in [1.165, 1.54) is 0 Å². The van der Waals surface area contributed by atoms with Gasteiger partial charge in [0.25, 0.3) is 0 Å². The SMILES string of the molecule is O=C(Cc1ccc(Cl)cc1)NC1(CCl)CC1. The van der Waals surface area contributed by atoms with E-state index in [9.17, 15) is 4.79 Å². The molecule has 0 aromatic heterocycles. The fourth-order valence-corrected chi connectivity index (χ4v) is 2.03. The average Bonchev–Trinajstić information content (AvgIpc) is 3.02. The number of alkyl halides is 1. The first-order valence-corrected chi connectivity index (χ1v) is 6.16. The zero-order valence-electron chi connectivity index (χ0n) is 8.80. The summed E-state index contributed by atoms with van der Waals surface area (Å²) in [5, 5.41) is 3.66. The van der Waals surface area contributed by atoms with Crippen molar-refractivity contribution in [3.8, 4) is 0 Å². The molecule has 86 valence electrons. The Morgan fingerprint density at radius 3 is 2.44 bits per heavy atom. The van der Waals surface area contributed by atoms with Gasteiger partial charge in [-0.2, -0.15) is 0 Å². The summed E-state index contributed by atoms with van der Waals surface area (Å²) >= 11 is 11.6. The number of hydrogen-bond donors (Lipinski definition) is 1. The molecule has 1 amide bonds. The van der Waals surface area contributed by atoms with E-state index in [-0.39, 0.29) is 11.4 Å². The maximum Gasteiger partial charge on any atom is 0.224 e. The summed E-state index contributed by atoms with van der Waals surface area (Å²) in [5.41, 5.74) is 0.845. The first-order valence-electron chi connectivity index (χ1n) is 5.25. The number of benzene rings is 1. The number of carbonyl (C=O) groups excluding carboxylic acids is 1. The van der Waals surface area contributed by atoms with Crippen molar-refractivity contribution >= 4 is 29.1 Å². The molecule has 1 aliphatic rings. The second-order valence-electron chi connectivity index (χ2n) is 4.27. The molecule has 1 aromatic rings. The van der Waals surface area contributed by atoms with Gasteiger partial charge in [0.2, 0.25) is 5.91 Å². The third kappa shape index (κ3) is 2.89. The van der Waals surface area contributed by atoms with E-state index in [4.69, 9.17) is 23.2 Å². The van der Waals surface area contributed by atoms with Crippen LogP contribution in [0.4, 0.5) is 0 Å². The number of amides is 1. The minimum absolute atomic E-state index is 0.0282. The zero-order valence-corrected chi connectivity index (χ0v) is 10.3. The molecule has 16 heavy (non-hydrogen) atoms. The van der Waals surface area contributed by atoms with Gasteiger partial charge in [-0.05, 0) is 30.5 Å². The van der Waals surface area contributed by atoms with Crippen LogP contribution >= 0.6 is 23.2 Å². The Labute approximate surface area is 105 Å². The first kappa shape index (κ1) is 11.7. The summed E-state index contributed by atoms with van der Waals surface area (Å²) in [7, 11) is 0. The van der Waals surface area contributed by atoms with E-state index in [1.807, 2.05) is 12.1 Å². The Morgan fingerprint density at radius 1 is 1.31 bits per heavy atom. The quantitative estimate of drug-likeness (QED) is 0.826. The van der Waals surface area contributed by atoms with Crippen molar-refractivity contribution < 1.29 is 4.79 Å². The predicted molar refractivity (Wildman–Crippen MR) is 66.0 cm³/mol. The van der Waals surface area contributed by atoms with Crippen molar-refractivity contribution in [3.05, 3.63) is 34.9 Å². The van der Waals surface area contributed by atoms with E-state index in [1.54, 1.807) is 12.1 Å². The molecule has 0 radical (unpaired) electrons. The Balaban J connectivity index is 1.90. The number of nitrogens with one attached hydrogen (secondary N) is 1. The number of halogens is 2. The summed E-state index contributed by atoms with van der Waals surface area (Å²) in [6, 6.07) is 7.31. The molecule has 0 saturated heterocycles. The van der Waals surface area contributed by atoms with Crippen LogP contribution in [0, 0.1) is 0 Å². The molecule has 0 spiro atoms. The zero-order chi connectivity index (χ0) is 11.6. The molecule has 2 nitrogen and oxygen atoms in total. The van der Waals surface area contributed by atoms with Crippen molar-refractivity contribution in [2.45, 2.75) is 24.8 Å². The Morgan fingerprint density at radius 2 is 1.94 bits per heavy atom. The molecule has 4 heteroatoms. The van der Waals surface area contributed by atoms with Crippen LogP contribution in [-0.4, -0.2) is 17.3 Å². The third-order valence-corrected chi connectivity index (χ3v) is 3.56. The highest BCUT2D eigenvalue weighted by Crippen LogP contribution is 2.36. The molecule has 0 unspecified atom stereocenters. The molecule has 0 atom stereocenters. The van der Waals surface area contributed by atoms with Crippen LogP contribution < -0.4 is 5.32 Å². The van der Waals surface area contributed by atoms with Crippen LogP contribution in [0.25, 0.3) is 0 Å². The Bertz CT molecular complexity index is 385. The van der Waals surface area contributed by atoms with Gasteiger partial charge in [-0.3, -0.25) is 4.79 Å². The van der Waals surface area contributed by atoms with Gasteiger partial charge >= 0.3 is 0 Å². The van der Waals surface area contributed by atoms with Gasteiger partial charge < -0.3 is 5.32 Å². The molecule has 1 fully saturated rings. The van der Waals surface area contributed by atoms with Crippen LogP contribution in [0.1, 0.15) is 18.4 Å². The molecule has 1 saturated carbocycles. The maximum absolute atomic E-state index is 11.7. The van der Waals surface area contributed by atoms with Crippen LogP contribution in [0.5, 0.6) is 0 Å². The monoisotopic (exact) mass is 257 g/mol. The van der Waals surface area contributed by atoms with E-state index >= 15 is 0 Å². The summed E-state index contributed by atoms with van der Waals surface area (Å²) in [5.74, 6) is 0.528. The molecule has 0 heterocycles. The molecule has 1 aromatic carbocycles. The average molecular weight is 258 g/mol. The molecule has 0 bridgehead atoms. The van der Waals surface area contributed by atoms with Crippen molar-refractivity contribution in [2.75, 3.05) is 5.88 Å². The van der Waals surface area contributed by atoms with Crippen LogP contribution in [0.15, 0.2) is 24.3 Å². The largest absolute Gasteiger partial charge is 0.349 e. The Kier molecular flexibility index (Phi) is 3.41. The highest BCUT2D eigenvalue weighted by Gasteiger charge is 2.42. The molecule has 2 rings (SSSR count). The summed E-state index contributed by atoms with van der Waals surface area (Å²) in [6.45, 7) is 0. The highest BCUT2D eigenvalue weighted by atomic mass is 35.5. The topological polar surface area (TPSA) is 29.1 Å². The first-order chi connectivity index (χ1) is 7.63. The number of rotatable bonds is 4. The predicted octanol–water partition coefficient (Wildman–Crippen LogP) is 2.77. The van der Waals surface area contributed by atoms with Crippen molar-refractivity contribution in [1.82, 2.24) is 5.32 Å². The fraction of sp³-hybridized carbons (Fsp3) is 0.417. The lowest BCUT2D eigenvalue weighted by atomic mass is 10.1. The van der Waals surface area contributed by atoms with Crippen LogP contribution in [-0.2, 0) is 11.2 Å². The van der Waals surface area contributed by atoms with E-state index in [2.05, 4.69) is 5.32 Å². The van der Waals surface area contributed by atoms with Gasteiger partial charge in [-0.15, -0.1) is 11.6 Å². The van der Waals surface area contributed by atoms with Gasteiger partial charge in [0.05, 0.1) is 12.0 Å². The number of hydrogen-bond acceptors (Lipinski definition) is 1. The lowest BCUT2D eigenvalue weighted by molar-refractivity contribution is -0.121. The molecule has 0 aliphatic heterocycles. The standard InChI is InChI=1S/C12H13Cl2NO/c13-8-12(5-6-12)15-11(16)7-9-1-3-10(14)4-2-9/h1-4H,5-8H2,(H,15,16). The van der Waals surface area contributed by atoms with Crippen molar-refractivity contribution in [1.29, 1.82) is 0 Å². The van der Waals surface area contributed by atoms with Gasteiger partial charge in [0.15, 0.2) is 0 Å². The van der Waals surface area contributed by atoms with E-state index in [0.717, 1.165) is 18.4 Å². The maximum atomic E-state index is 11.7. The molecular weight excluding hydrogens is 245 g/mol. The van der Waals surface area contributed by atoms with E-state index < -0.39 is 0 Å². The lowest BCUT2D eigenvalue weighted by Gasteiger charge is -2.13. The number of carbonyl (C=O) groups is 1. The third-order valence-electron chi connectivity index (χ3n) is 2.79. The van der Waals surface area contributed by atoms with Gasteiger partial charge in [-0.25, -0.2) is 0 Å².